The summed E-state index contributed by atoms with van der Waals surface area (Å²) in [6.45, 7) is 2.12. The summed E-state index contributed by atoms with van der Waals surface area (Å²) in [5.74, 6) is 4.82. The molecular weight excluding hydrogens is 977 g/mol. The molecule has 13 rings (SSSR count). The fourth-order valence-corrected chi connectivity index (χ4v) is 11.7. The minimum absolute atomic E-state index is 0.481. The van der Waals surface area contributed by atoms with Gasteiger partial charge in [0, 0.05) is 89.0 Å². The second kappa shape index (κ2) is 19.4. The Hall–Kier alpha value is -7.76. The Morgan fingerprint density at radius 2 is 0.639 bits per heavy atom. The van der Waals surface area contributed by atoms with E-state index in [4.69, 9.17) is 48.9 Å². The van der Waals surface area contributed by atoms with Crippen LogP contribution < -0.4 is 18.9 Å². The maximum absolute atomic E-state index is 6.36. The van der Waals surface area contributed by atoms with Crippen molar-refractivity contribution in [2.45, 2.75) is 25.7 Å². The van der Waals surface area contributed by atoms with Gasteiger partial charge in [-0.05, 0) is 119 Å². The normalized spacial score (nSPS) is 11.8. The molecule has 354 valence electrons. The molecule has 11 aromatic rings. The molecule has 72 heavy (non-hydrogen) atoms. The zero-order valence-electron chi connectivity index (χ0n) is 38.5. The van der Waals surface area contributed by atoms with E-state index in [1.807, 2.05) is 72.8 Å². The second-order valence-electron chi connectivity index (χ2n) is 17.2. The van der Waals surface area contributed by atoms with Crippen molar-refractivity contribution in [1.82, 2.24) is 39.9 Å². The lowest BCUT2D eigenvalue weighted by atomic mass is 10.1. The third kappa shape index (κ3) is 9.09. The SMILES string of the molecule is c1csc(CCOc2ccc3c(c2)-c2nc-3nc3[nH]c(nc4nc(nc5[nH]c(n2)c2ccc(OCCc6cccs6)cc52)-c2ccc(OCCc5cccs5)cc2-4)c2ccc(OCCc4cccs4)cc32)c1. The Balaban J connectivity index is 0.990. The van der Waals surface area contributed by atoms with Gasteiger partial charge in [-0.3, -0.25) is 0 Å². The summed E-state index contributed by atoms with van der Waals surface area (Å²) in [5.41, 5.74) is 5.51. The van der Waals surface area contributed by atoms with E-state index in [1.165, 1.54) is 19.5 Å². The number of aromatic nitrogens is 8. The van der Waals surface area contributed by atoms with Crippen LogP contribution in [-0.2, 0) is 25.7 Å². The predicted octanol–water partition coefficient (Wildman–Crippen LogP) is 13.6. The molecule has 0 atom stereocenters. The number of aromatic amines is 2. The molecule has 4 aromatic carbocycles. The molecule has 0 radical (unpaired) electrons. The van der Waals surface area contributed by atoms with Crippen molar-refractivity contribution >= 4 is 89.5 Å². The predicted molar refractivity (Wildman–Crippen MR) is 290 cm³/mol. The van der Waals surface area contributed by atoms with Gasteiger partial charge in [-0.2, -0.15) is 0 Å². The third-order valence-corrected chi connectivity index (χ3v) is 16.3. The van der Waals surface area contributed by atoms with Gasteiger partial charge in [-0.25, -0.2) is 29.9 Å². The van der Waals surface area contributed by atoms with Crippen LogP contribution in [0.25, 0.3) is 89.7 Å². The van der Waals surface area contributed by atoms with E-state index in [9.17, 15) is 0 Å². The number of H-pyrrole nitrogens is 2. The summed E-state index contributed by atoms with van der Waals surface area (Å²) in [6, 6.07) is 40.8. The van der Waals surface area contributed by atoms with Gasteiger partial charge in [0.1, 0.15) is 45.6 Å². The van der Waals surface area contributed by atoms with Crippen LogP contribution in [0.1, 0.15) is 19.5 Å². The van der Waals surface area contributed by atoms with Crippen LogP contribution in [0.15, 0.2) is 143 Å². The van der Waals surface area contributed by atoms with Crippen LogP contribution in [0.5, 0.6) is 23.0 Å². The van der Waals surface area contributed by atoms with E-state index >= 15 is 0 Å². The fraction of sp³-hybridized carbons (Fsp3) is 0.143. The smallest absolute Gasteiger partial charge is 0.164 e. The Bertz CT molecular complexity index is 3650. The number of nitrogens with one attached hydrogen (secondary N) is 2. The minimum atomic E-state index is 0.481. The second-order valence-corrected chi connectivity index (χ2v) is 21.3. The van der Waals surface area contributed by atoms with Crippen molar-refractivity contribution in [3.63, 3.8) is 0 Å². The zero-order chi connectivity index (χ0) is 47.8. The van der Waals surface area contributed by atoms with Crippen LogP contribution in [0, 0.1) is 0 Å². The summed E-state index contributed by atoms with van der Waals surface area (Å²) in [4.78, 5) is 43.8. The molecule has 2 aliphatic heterocycles. The Kier molecular flexibility index (Phi) is 11.9. The summed E-state index contributed by atoms with van der Waals surface area (Å²) in [7, 11) is 0. The monoisotopic (exact) mass is 1020 g/mol. The molecule has 12 nitrogen and oxygen atoms in total. The van der Waals surface area contributed by atoms with E-state index in [0.29, 0.717) is 83.8 Å². The molecule has 0 saturated heterocycles. The molecule has 0 unspecified atom stereocenters. The molecule has 0 aliphatic carbocycles. The molecule has 2 aliphatic rings. The first-order valence-electron chi connectivity index (χ1n) is 23.6. The molecule has 0 saturated carbocycles. The number of nitrogens with zero attached hydrogens (tertiary/aromatic N) is 6. The maximum atomic E-state index is 6.36. The first kappa shape index (κ1) is 44.2. The van der Waals surface area contributed by atoms with Crippen molar-refractivity contribution in [2.75, 3.05) is 26.4 Å². The summed E-state index contributed by atoms with van der Waals surface area (Å²) in [5, 5.41) is 11.7. The zero-order valence-corrected chi connectivity index (χ0v) is 41.7. The van der Waals surface area contributed by atoms with Crippen molar-refractivity contribution in [2.24, 2.45) is 0 Å². The van der Waals surface area contributed by atoms with Gasteiger partial charge >= 0.3 is 0 Å². The highest BCUT2D eigenvalue weighted by Gasteiger charge is 2.24. The van der Waals surface area contributed by atoms with Gasteiger partial charge in [0.25, 0.3) is 0 Å². The van der Waals surface area contributed by atoms with Crippen LogP contribution in [0.2, 0.25) is 0 Å². The van der Waals surface area contributed by atoms with Crippen LogP contribution >= 0.6 is 45.3 Å². The lowest BCUT2D eigenvalue weighted by Crippen LogP contribution is -2.00. The Labute approximate surface area is 428 Å². The van der Waals surface area contributed by atoms with E-state index in [-0.39, 0.29) is 0 Å². The number of rotatable bonds is 16. The molecule has 0 fully saturated rings. The van der Waals surface area contributed by atoms with Gasteiger partial charge in [-0.1, -0.05) is 24.3 Å². The fourth-order valence-electron chi connectivity index (χ4n) is 8.97. The van der Waals surface area contributed by atoms with Crippen LogP contribution in [-0.4, -0.2) is 66.3 Å². The van der Waals surface area contributed by atoms with Crippen molar-refractivity contribution in [3.8, 4) is 68.5 Å². The van der Waals surface area contributed by atoms with Gasteiger partial charge < -0.3 is 28.9 Å². The van der Waals surface area contributed by atoms with E-state index in [2.05, 4.69) is 80.0 Å². The summed E-state index contributed by atoms with van der Waals surface area (Å²) >= 11 is 6.91. The molecule has 7 aromatic heterocycles. The first-order valence-corrected chi connectivity index (χ1v) is 27.1. The standard InChI is InChI=1S/C56H42N8O4S4/c1-5-37(69-25-1)17-21-65-33-9-13-41-45(29-33)53-57-49(41)62-54-47-31-35(67-23-19-39-7-3-27-71-39)11-15-43(47)51(59-54)64-56-48-32-36(68-24-20-40-8-4-28-72-40)12-16-44(48)52(60-56)63-55-46-30-34(10-14-42(46)50(58-55)61-53)66-22-18-38-6-2-26-70-38/h1-16,25-32H,17-24H2,(H2,57,58,59,60,61,62,63,64). The highest BCUT2D eigenvalue weighted by atomic mass is 32.1. The van der Waals surface area contributed by atoms with Crippen molar-refractivity contribution < 1.29 is 18.9 Å². The van der Waals surface area contributed by atoms with Crippen LogP contribution in [0.3, 0.4) is 0 Å². The van der Waals surface area contributed by atoms with Gasteiger partial charge in [0.05, 0.1) is 26.4 Å². The highest BCUT2D eigenvalue weighted by Crippen LogP contribution is 2.40. The minimum Gasteiger partial charge on any atom is -0.493 e. The molecule has 0 amide bonds. The molecule has 2 N–H and O–H groups in total. The number of hydrogen-bond acceptors (Lipinski definition) is 14. The van der Waals surface area contributed by atoms with E-state index in [0.717, 1.165) is 81.0 Å². The topological polar surface area (TPSA) is 146 Å². The number of ether oxygens (including phenoxy) is 4. The summed E-state index contributed by atoms with van der Waals surface area (Å²) < 4.78 is 25.5. The summed E-state index contributed by atoms with van der Waals surface area (Å²) in [6.07, 6.45) is 3.23. The Morgan fingerprint density at radius 3 is 0.986 bits per heavy atom. The van der Waals surface area contributed by atoms with Gasteiger partial charge in [0.15, 0.2) is 23.3 Å². The number of fused-ring (bicyclic) bond motifs is 20. The third-order valence-electron chi connectivity index (χ3n) is 12.5. The molecule has 8 bridgehead atoms. The Morgan fingerprint density at radius 1 is 0.319 bits per heavy atom. The van der Waals surface area contributed by atoms with Crippen LogP contribution in [0.4, 0.5) is 0 Å². The highest BCUT2D eigenvalue weighted by molar-refractivity contribution is 7.10. The molecule has 16 heteroatoms. The molecule has 9 heterocycles. The maximum Gasteiger partial charge on any atom is 0.164 e. The largest absolute Gasteiger partial charge is 0.493 e. The number of thiophene rings is 4. The van der Waals surface area contributed by atoms with Crippen molar-refractivity contribution in [3.05, 3.63) is 162 Å². The van der Waals surface area contributed by atoms with E-state index < -0.39 is 0 Å². The van der Waals surface area contributed by atoms with Gasteiger partial charge in [0.2, 0.25) is 0 Å². The number of benzene rings is 4. The number of hydrogen-bond donors (Lipinski definition) is 2. The molecule has 0 spiro atoms. The first-order chi connectivity index (χ1) is 35.6. The van der Waals surface area contributed by atoms with E-state index in [1.54, 1.807) is 45.3 Å². The lowest BCUT2D eigenvalue weighted by molar-refractivity contribution is 0.323. The van der Waals surface area contributed by atoms with Gasteiger partial charge in [-0.15, -0.1) is 45.3 Å². The average Bonchev–Trinajstić information content (AvgIpc) is 4.27. The lowest BCUT2D eigenvalue weighted by Gasteiger charge is -2.07. The quantitative estimate of drug-likeness (QED) is 0.0959. The van der Waals surface area contributed by atoms with Crippen molar-refractivity contribution in [1.29, 1.82) is 0 Å². The molecular formula is C56H42N8O4S4. The average molecular weight is 1020 g/mol.